The number of ether oxygens (including phenoxy) is 1. The normalized spacial score (nSPS) is 16.9. The third kappa shape index (κ3) is 2.26. The molecule has 130 valence electrons. The van der Waals surface area contributed by atoms with Crippen molar-refractivity contribution in [2.45, 2.75) is 26.3 Å². The van der Waals surface area contributed by atoms with Crippen LogP contribution in [-0.4, -0.2) is 43.6 Å². The van der Waals surface area contributed by atoms with Crippen LogP contribution in [0.4, 0.5) is 0 Å². The molecule has 0 aromatic carbocycles. The van der Waals surface area contributed by atoms with Gasteiger partial charge in [0.25, 0.3) is 11.5 Å². The summed E-state index contributed by atoms with van der Waals surface area (Å²) in [6, 6.07) is 5.35. The largest absolute Gasteiger partial charge is 0.359 e. The zero-order valence-corrected chi connectivity index (χ0v) is 14.7. The van der Waals surface area contributed by atoms with Gasteiger partial charge in [-0.25, -0.2) is 4.98 Å². The van der Waals surface area contributed by atoms with E-state index in [9.17, 15) is 9.59 Å². The highest BCUT2D eigenvalue weighted by atomic mass is 16.5. The standard InChI is InChI=1S/C18H20N4O3/c1-11-5-6-14-19-15-12(16(23)21(14)8-11)7-13(20(15)4)17(24)22-10-25-9-18(22,2)3/h5-8H,9-10H2,1-4H3. The SMILES string of the molecule is Cc1ccc2nc3c(cc(C(=O)N4COCC4(C)C)n3C)c(=O)n2c1. The predicted octanol–water partition coefficient (Wildman–Crippen LogP) is 1.70. The van der Waals surface area contributed by atoms with Gasteiger partial charge in [0, 0.05) is 13.2 Å². The lowest BCUT2D eigenvalue weighted by Crippen LogP contribution is -2.44. The molecular weight excluding hydrogens is 320 g/mol. The lowest BCUT2D eigenvalue weighted by molar-refractivity contribution is 0.0596. The van der Waals surface area contributed by atoms with E-state index in [1.165, 1.54) is 4.40 Å². The van der Waals surface area contributed by atoms with E-state index in [1.54, 1.807) is 28.8 Å². The second-order valence-corrected chi connectivity index (χ2v) is 7.20. The van der Waals surface area contributed by atoms with Gasteiger partial charge in [-0.15, -0.1) is 0 Å². The number of fused-ring (bicyclic) bond motifs is 2. The molecule has 7 heteroatoms. The van der Waals surface area contributed by atoms with Gasteiger partial charge in [-0.3, -0.25) is 14.0 Å². The summed E-state index contributed by atoms with van der Waals surface area (Å²) in [6.45, 7) is 6.59. The van der Waals surface area contributed by atoms with Gasteiger partial charge in [-0.2, -0.15) is 0 Å². The van der Waals surface area contributed by atoms with Gasteiger partial charge in [0.1, 0.15) is 23.7 Å². The zero-order valence-electron chi connectivity index (χ0n) is 14.7. The van der Waals surface area contributed by atoms with E-state index in [4.69, 9.17) is 4.74 Å². The van der Waals surface area contributed by atoms with E-state index in [-0.39, 0.29) is 23.7 Å². The fourth-order valence-electron chi connectivity index (χ4n) is 3.29. The molecule has 1 amide bonds. The summed E-state index contributed by atoms with van der Waals surface area (Å²) in [5, 5.41) is 0.437. The Hall–Kier alpha value is -2.67. The van der Waals surface area contributed by atoms with E-state index < -0.39 is 0 Å². The van der Waals surface area contributed by atoms with Crippen molar-refractivity contribution in [3.05, 3.63) is 46.0 Å². The van der Waals surface area contributed by atoms with E-state index in [0.717, 1.165) is 5.56 Å². The lowest BCUT2D eigenvalue weighted by atomic mass is 10.1. The number of amides is 1. The fourth-order valence-corrected chi connectivity index (χ4v) is 3.29. The van der Waals surface area contributed by atoms with Gasteiger partial charge in [-0.1, -0.05) is 6.07 Å². The predicted molar refractivity (Wildman–Crippen MR) is 93.7 cm³/mol. The summed E-state index contributed by atoms with van der Waals surface area (Å²) in [5.74, 6) is -0.160. The van der Waals surface area contributed by atoms with E-state index in [0.29, 0.717) is 29.0 Å². The van der Waals surface area contributed by atoms with E-state index >= 15 is 0 Å². The number of rotatable bonds is 1. The maximum atomic E-state index is 13.0. The number of hydrogen-bond acceptors (Lipinski definition) is 4. The molecule has 25 heavy (non-hydrogen) atoms. The summed E-state index contributed by atoms with van der Waals surface area (Å²) in [4.78, 5) is 32.1. The maximum absolute atomic E-state index is 13.0. The third-order valence-corrected chi connectivity index (χ3v) is 4.82. The first-order valence-corrected chi connectivity index (χ1v) is 8.18. The van der Waals surface area contributed by atoms with Crippen molar-refractivity contribution >= 4 is 22.6 Å². The molecule has 4 rings (SSSR count). The summed E-state index contributed by atoms with van der Waals surface area (Å²) in [5.41, 5.74) is 1.93. The minimum Gasteiger partial charge on any atom is -0.359 e. The molecule has 0 bridgehead atoms. The van der Waals surface area contributed by atoms with Crippen LogP contribution >= 0.6 is 0 Å². The first-order valence-electron chi connectivity index (χ1n) is 8.18. The average Bonchev–Trinajstić information content (AvgIpc) is 3.08. The highest BCUT2D eigenvalue weighted by Crippen LogP contribution is 2.25. The van der Waals surface area contributed by atoms with Crippen molar-refractivity contribution in [2.75, 3.05) is 13.3 Å². The molecule has 1 saturated heterocycles. The molecule has 1 aliphatic heterocycles. The number of nitrogens with zero attached hydrogens (tertiary/aromatic N) is 4. The van der Waals surface area contributed by atoms with E-state index in [2.05, 4.69) is 4.98 Å². The van der Waals surface area contributed by atoms with E-state index in [1.807, 2.05) is 32.9 Å². The molecule has 0 saturated carbocycles. The van der Waals surface area contributed by atoms with Crippen LogP contribution in [0.3, 0.4) is 0 Å². The fraction of sp³-hybridized carbons (Fsp3) is 0.389. The molecule has 3 aromatic rings. The highest BCUT2D eigenvalue weighted by molar-refractivity contribution is 5.98. The molecule has 4 heterocycles. The van der Waals surface area contributed by atoms with Gasteiger partial charge in [-0.05, 0) is 38.5 Å². The molecule has 0 spiro atoms. The number of carbonyl (C=O) groups is 1. The van der Waals surface area contributed by atoms with Crippen molar-refractivity contribution in [1.29, 1.82) is 0 Å². The summed E-state index contributed by atoms with van der Waals surface area (Å²) in [6.07, 6.45) is 1.76. The molecular formula is C18H20N4O3. The Morgan fingerprint density at radius 3 is 2.76 bits per heavy atom. The second kappa shape index (κ2) is 5.16. The number of aromatic nitrogens is 3. The average molecular weight is 340 g/mol. The highest BCUT2D eigenvalue weighted by Gasteiger charge is 2.38. The number of aryl methyl sites for hydroxylation is 2. The van der Waals surface area contributed by atoms with Gasteiger partial charge in [0.05, 0.1) is 17.5 Å². The molecule has 0 aliphatic carbocycles. The molecule has 3 aromatic heterocycles. The molecule has 7 nitrogen and oxygen atoms in total. The molecule has 0 unspecified atom stereocenters. The Kier molecular flexibility index (Phi) is 3.27. The molecule has 0 N–H and O–H groups in total. The van der Waals surface area contributed by atoms with Gasteiger partial charge < -0.3 is 14.2 Å². The summed E-state index contributed by atoms with van der Waals surface area (Å²) in [7, 11) is 1.76. The van der Waals surface area contributed by atoms with Crippen LogP contribution in [0.15, 0.2) is 29.2 Å². The van der Waals surface area contributed by atoms with Crippen molar-refractivity contribution in [2.24, 2.45) is 7.05 Å². The second-order valence-electron chi connectivity index (χ2n) is 7.20. The Labute approximate surface area is 144 Å². The lowest BCUT2D eigenvalue weighted by Gasteiger charge is -2.29. The van der Waals surface area contributed by atoms with Crippen LogP contribution in [0.5, 0.6) is 0 Å². The minimum atomic E-state index is -0.377. The topological polar surface area (TPSA) is 68.8 Å². The zero-order chi connectivity index (χ0) is 17.9. The Morgan fingerprint density at radius 2 is 2.08 bits per heavy atom. The number of hydrogen-bond donors (Lipinski definition) is 0. The quantitative estimate of drug-likeness (QED) is 0.676. The minimum absolute atomic E-state index is 0.160. The van der Waals surface area contributed by atoms with Gasteiger partial charge >= 0.3 is 0 Å². The van der Waals surface area contributed by atoms with Crippen molar-refractivity contribution in [1.82, 2.24) is 18.9 Å². The molecule has 0 atom stereocenters. The molecule has 1 fully saturated rings. The third-order valence-electron chi connectivity index (χ3n) is 4.82. The number of carbonyl (C=O) groups excluding carboxylic acids is 1. The Morgan fingerprint density at radius 1 is 1.32 bits per heavy atom. The smallest absolute Gasteiger partial charge is 0.272 e. The van der Waals surface area contributed by atoms with Crippen LogP contribution in [0, 0.1) is 6.92 Å². The Bertz CT molecular complexity index is 1080. The molecule has 0 radical (unpaired) electrons. The van der Waals surface area contributed by atoms with Crippen LogP contribution < -0.4 is 5.56 Å². The molecule has 1 aliphatic rings. The van der Waals surface area contributed by atoms with Crippen LogP contribution in [0.2, 0.25) is 0 Å². The number of pyridine rings is 1. The summed E-state index contributed by atoms with van der Waals surface area (Å²) < 4.78 is 8.65. The van der Waals surface area contributed by atoms with Gasteiger partial charge in [0.15, 0.2) is 0 Å². The van der Waals surface area contributed by atoms with Gasteiger partial charge in [0.2, 0.25) is 0 Å². The van der Waals surface area contributed by atoms with Crippen LogP contribution in [-0.2, 0) is 11.8 Å². The first-order chi connectivity index (χ1) is 11.8. The maximum Gasteiger partial charge on any atom is 0.272 e. The monoisotopic (exact) mass is 340 g/mol. The van der Waals surface area contributed by atoms with Crippen molar-refractivity contribution in [3.63, 3.8) is 0 Å². The Balaban J connectivity index is 1.93. The van der Waals surface area contributed by atoms with Crippen LogP contribution in [0.25, 0.3) is 16.7 Å². The van der Waals surface area contributed by atoms with Crippen molar-refractivity contribution in [3.8, 4) is 0 Å². The van der Waals surface area contributed by atoms with Crippen molar-refractivity contribution < 1.29 is 9.53 Å². The van der Waals surface area contributed by atoms with Crippen LogP contribution in [0.1, 0.15) is 29.9 Å². The first kappa shape index (κ1) is 15.8. The summed E-state index contributed by atoms with van der Waals surface area (Å²) >= 11 is 0.